The molecule has 1 amide bonds. The Morgan fingerprint density at radius 1 is 1.20 bits per heavy atom. The summed E-state index contributed by atoms with van der Waals surface area (Å²) in [6.07, 6.45) is -0.521. The number of hydrogen-bond acceptors (Lipinski definition) is 4. The maximum atomic E-state index is 11.9. The van der Waals surface area contributed by atoms with Gasteiger partial charge in [-0.05, 0) is 33.7 Å². The van der Waals surface area contributed by atoms with Crippen molar-refractivity contribution in [2.45, 2.75) is 65.0 Å². The van der Waals surface area contributed by atoms with Crippen molar-refractivity contribution in [1.29, 1.82) is 0 Å². The number of amides is 1. The highest BCUT2D eigenvalue weighted by atomic mass is 28.3. The van der Waals surface area contributed by atoms with E-state index in [1.165, 1.54) is 4.90 Å². The van der Waals surface area contributed by atoms with Gasteiger partial charge < -0.3 is 9.47 Å². The lowest BCUT2D eigenvalue weighted by atomic mass is 10.2. The second-order valence-electron chi connectivity index (χ2n) is 7.25. The lowest BCUT2D eigenvalue weighted by Gasteiger charge is -2.27. The zero-order chi connectivity index (χ0) is 16.1. The van der Waals surface area contributed by atoms with Crippen LogP contribution in [0.2, 0.25) is 25.7 Å². The summed E-state index contributed by atoms with van der Waals surface area (Å²) >= 11 is 0. The molecule has 0 rings (SSSR count). The number of rotatable bonds is 5. The van der Waals surface area contributed by atoms with E-state index < -0.39 is 31.8 Å². The minimum Gasteiger partial charge on any atom is -0.464 e. The zero-order valence-corrected chi connectivity index (χ0v) is 15.1. The summed E-state index contributed by atoms with van der Waals surface area (Å²) in [6, 6.07) is 0.271. The normalized spacial score (nSPS) is 13.6. The molecule has 6 heteroatoms. The van der Waals surface area contributed by atoms with E-state index in [1.807, 2.05) is 0 Å². The minimum absolute atomic E-state index is 0.392. The Balaban J connectivity index is 4.32. The zero-order valence-electron chi connectivity index (χ0n) is 14.1. The Morgan fingerprint density at radius 3 is 2.10 bits per heavy atom. The summed E-state index contributed by atoms with van der Waals surface area (Å²) in [4.78, 5) is 25.0. The molecule has 0 unspecified atom stereocenters. The summed E-state index contributed by atoms with van der Waals surface area (Å²) in [6.45, 7) is 14.1. The fraction of sp³-hybridized carbons (Fsp3) is 0.857. The number of ether oxygens (including phenoxy) is 2. The van der Waals surface area contributed by atoms with Crippen molar-refractivity contribution < 1.29 is 19.1 Å². The molecular formula is C14H29NO4Si. The highest BCUT2D eigenvalue weighted by molar-refractivity contribution is 6.76. The number of likely N-dealkylation sites (N-methyl/N-ethyl adjacent to an activating group) is 1. The molecule has 1 atom stereocenters. The SMILES string of the molecule is C[C@@H](C(=O)OCC[Si](C)(C)C)N(C)C(=O)OC(C)(C)C. The van der Waals surface area contributed by atoms with Gasteiger partial charge in [0, 0.05) is 15.1 Å². The Hall–Kier alpha value is -1.04. The molecule has 0 aromatic carbocycles. The molecule has 0 aromatic heterocycles. The third kappa shape index (κ3) is 8.19. The molecule has 0 aromatic rings. The quantitative estimate of drug-likeness (QED) is 0.578. The molecule has 0 aliphatic rings. The van der Waals surface area contributed by atoms with Crippen LogP contribution in [0.4, 0.5) is 4.79 Å². The number of carbonyl (C=O) groups excluding carboxylic acids is 2. The molecule has 118 valence electrons. The van der Waals surface area contributed by atoms with Crippen LogP contribution in [0.5, 0.6) is 0 Å². The Morgan fingerprint density at radius 2 is 1.70 bits per heavy atom. The smallest absolute Gasteiger partial charge is 0.410 e. The fourth-order valence-electron chi connectivity index (χ4n) is 1.23. The van der Waals surface area contributed by atoms with Crippen molar-refractivity contribution in [2.24, 2.45) is 0 Å². The number of esters is 1. The Labute approximate surface area is 123 Å². The number of carbonyl (C=O) groups is 2. The summed E-state index contributed by atoms with van der Waals surface area (Å²) in [5, 5.41) is 0. The Kier molecular flexibility index (Phi) is 6.73. The van der Waals surface area contributed by atoms with Crippen molar-refractivity contribution in [2.75, 3.05) is 13.7 Å². The third-order valence-corrected chi connectivity index (χ3v) is 4.40. The molecular weight excluding hydrogens is 274 g/mol. The number of nitrogens with zero attached hydrogens (tertiary/aromatic N) is 1. The molecule has 0 bridgehead atoms. The summed E-state index contributed by atoms with van der Waals surface area (Å²) in [5.74, 6) is -0.392. The second-order valence-corrected chi connectivity index (χ2v) is 12.9. The number of hydrogen-bond donors (Lipinski definition) is 0. The van der Waals surface area contributed by atoms with Gasteiger partial charge >= 0.3 is 12.1 Å². The van der Waals surface area contributed by atoms with Crippen LogP contribution in [0.25, 0.3) is 0 Å². The van der Waals surface area contributed by atoms with Crippen molar-refractivity contribution in [3.63, 3.8) is 0 Å². The third-order valence-electron chi connectivity index (χ3n) is 2.70. The standard InChI is InChI=1S/C14H29NO4Si/c1-11(12(16)18-9-10-20(6,7)8)15(5)13(17)19-14(2,3)4/h11H,9-10H2,1-8H3/t11-/m0/s1. The first-order valence-electron chi connectivity index (χ1n) is 6.96. The van der Waals surface area contributed by atoms with E-state index in [2.05, 4.69) is 19.6 Å². The lowest BCUT2D eigenvalue weighted by Crippen LogP contribution is -2.44. The van der Waals surface area contributed by atoms with Crippen molar-refractivity contribution >= 4 is 20.1 Å². The molecule has 0 aliphatic carbocycles. The topological polar surface area (TPSA) is 55.8 Å². The predicted octanol–water partition coefficient (Wildman–Crippen LogP) is 3.12. The highest BCUT2D eigenvalue weighted by Crippen LogP contribution is 2.12. The van der Waals surface area contributed by atoms with Gasteiger partial charge in [-0.2, -0.15) is 0 Å². The maximum absolute atomic E-state index is 11.9. The Bertz CT molecular complexity index is 344. The predicted molar refractivity (Wildman–Crippen MR) is 82.6 cm³/mol. The van der Waals surface area contributed by atoms with Gasteiger partial charge in [-0.15, -0.1) is 0 Å². The summed E-state index contributed by atoms with van der Waals surface area (Å²) < 4.78 is 10.4. The van der Waals surface area contributed by atoms with E-state index in [0.717, 1.165) is 6.04 Å². The van der Waals surface area contributed by atoms with Crippen LogP contribution in [0.15, 0.2) is 0 Å². The van der Waals surface area contributed by atoms with Crippen molar-refractivity contribution in [3.05, 3.63) is 0 Å². The largest absolute Gasteiger partial charge is 0.464 e. The first-order chi connectivity index (χ1) is 8.83. The molecule has 0 fully saturated rings. The molecule has 0 spiro atoms. The van der Waals surface area contributed by atoms with Gasteiger partial charge in [-0.1, -0.05) is 19.6 Å². The molecule has 0 radical (unpaired) electrons. The molecule has 20 heavy (non-hydrogen) atoms. The van der Waals surface area contributed by atoms with Crippen LogP contribution in [0, 0.1) is 0 Å². The van der Waals surface area contributed by atoms with Crippen molar-refractivity contribution in [1.82, 2.24) is 4.90 Å². The fourth-order valence-corrected chi connectivity index (χ4v) is 1.94. The first kappa shape index (κ1) is 19.0. The minimum atomic E-state index is -1.22. The highest BCUT2D eigenvalue weighted by Gasteiger charge is 2.28. The average molecular weight is 303 g/mol. The van der Waals surface area contributed by atoms with E-state index in [0.29, 0.717) is 6.61 Å². The van der Waals surface area contributed by atoms with Crippen LogP contribution in [0.3, 0.4) is 0 Å². The summed E-state index contributed by atoms with van der Waals surface area (Å²) in [5.41, 5.74) is -0.577. The van der Waals surface area contributed by atoms with E-state index in [4.69, 9.17) is 9.47 Å². The molecule has 0 N–H and O–H groups in total. The first-order valence-corrected chi connectivity index (χ1v) is 10.7. The average Bonchev–Trinajstić information content (AvgIpc) is 2.22. The van der Waals surface area contributed by atoms with Gasteiger partial charge in [0.1, 0.15) is 11.6 Å². The molecule has 0 saturated carbocycles. The van der Waals surface area contributed by atoms with E-state index in [-0.39, 0.29) is 0 Å². The lowest BCUT2D eigenvalue weighted by molar-refractivity contribution is -0.148. The van der Waals surface area contributed by atoms with Crippen LogP contribution < -0.4 is 0 Å². The molecule has 0 saturated heterocycles. The molecule has 0 aliphatic heterocycles. The van der Waals surface area contributed by atoms with Gasteiger partial charge in [0.15, 0.2) is 0 Å². The summed E-state index contributed by atoms with van der Waals surface area (Å²) in [7, 11) is 0.318. The maximum Gasteiger partial charge on any atom is 0.410 e. The van der Waals surface area contributed by atoms with Gasteiger partial charge in [-0.3, -0.25) is 4.90 Å². The van der Waals surface area contributed by atoms with Gasteiger partial charge in [-0.25, -0.2) is 9.59 Å². The van der Waals surface area contributed by atoms with Crippen LogP contribution in [0.1, 0.15) is 27.7 Å². The van der Waals surface area contributed by atoms with Gasteiger partial charge in [0.2, 0.25) is 0 Å². The molecule has 0 heterocycles. The monoisotopic (exact) mass is 303 g/mol. The van der Waals surface area contributed by atoms with Gasteiger partial charge in [0.25, 0.3) is 0 Å². The van der Waals surface area contributed by atoms with E-state index in [9.17, 15) is 9.59 Å². The van der Waals surface area contributed by atoms with Crippen molar-refractivity contribution in [3.8, 4) is 0 Å². The molecule has 5 nitrogen and oxygen atoms in total. The van der Waals surface area contributed by atoms with E-state index in [1.54, 1.807) is 34.7 Å². The second kappa shape index (κ2) is 7.11. The van der Waals surface area contributed by atoms with E-state index >= 15 is 0 Å². The van der Waals surface area contributed by atoms with Crippen LogP contribution in [-0.4, -0.2) is 50.3 Å². The van der Waals surface area contributed by atoms with Crippen LogP contribution >= 0.6 is 0 Å². The van der Waals surface area contributed by atoms with Gasteiger partial charge in [0.05, 0.1) is 6.61 Å². The van der Waals surface area contributed by atoms with Crippen LogP contribution in [-0.2, 0) is 14.3 Å².